The fourth-order valence-corrected chi connectivity index (χ4v) is 3.59. The number of carbonyl (C=O) groups is 2. The van der Waals surface area contributed by atoms with Crippen molar-refractivity contribution < 1.29 is 31.9 Å². The summed E-state index contributed by atoms with van der Waals surface area (Å²) in [6.07, 6.45) is -4.96. The molecule has 0 radical (unpaired) electrons. The number of piperidine rings is 1. The van der Waals surface area contributed by atoms with Gasteiger partial charge in [0.25, 0.3) is 0 Å². The first-order valence-corrected chi connectivity index (χ1v) is 10.8. The van der Waals surface area contributed by atoms with Crippen molar-refractivity contribution in [3.8, 4) is 11.5 Å². The number of hydrogen-bond acceptors (Lipinski definition) is 6. The highest BCUT2D eigenvalue weighted by molar-refractivity contribution is 6.30. The van der Waals surface area contributed by atoms with Crippen molar-refractivity contribution in [1.82, 2.24) is 20.0 Å². The Balaban J connectivity index is 1.58. The summed E-state index contributed by atoms with van der Waals surface area (Å²) in [6, 6.07) is 6.75. The molecule has 1 aliphatic heterocycles. The fourth-order valence-electron chi connectivity index (χ4n) is 3.47. The SMILES string of the molecule is CC(C)N(Cc1nnc(-c2ccc(Cl)cc2)o1)C(=O)C1CCN(C(=O)OCC(F)(F)F)CC1. The highest BCUT2D eigenvalue weighted by Crippen LogP contribution is 2.25. The Kier molecular flexibility index (Phi) is 7.83. The molecular weight excluding hydrogens is 465 g/mol. The zero-order valence-corrected chi connectivity index (χ0v) is 18.9. The standard InChI is InChI=1S/C21H24ClF3N4O4/c1-13(2)29(11-17-26-27-18(33-17)14-3-5-16(22)6-4-14)19(30)15-7-9-28(10-8-15)20(31)32-12-21(23,24)25/h3-6,13,15H,7-12H2,1-2H3. The molecule has 0 atom stereocenters. The molecule has 3 rings (SSSR count). The zero-order valence-electron chi connectivity index (χ0n) is 18.1. The second kappa shape index (κ2) is 10.4. The molecule has 12 heteroatoms. The van der Waals surface area contributed by atoms with Gasteiger partial charge in [0.2, 0.25) is 17.7 Å². The van der Waals surface area contributed by atoms with E-state index in [1.165, 1.54) is 4.90 Å². The third-order valence-corrected chi connectivity index (χ3v) is 5.48. The number of amides is 2. The van der Waals surface area contributed by atoms with E-state index < -0.39 is 18.9 Å². The average molecular weight is 489 g/mol. The summed E-state index contributed by atoms with van der Waals surface area (Å²) >= 11 is 5.89. The minimum Gasteiger partial charge on any atom is -0.440 e. The Morgan fingerprint density at radius 2 is 1.85 bits per heavy atom. The normalized spacial score (nSPS) is 15.1. The number of ether oxygens (including phenoxy) is 1. The summed E-state index contributed by atoms with van der Waals surface area (Å²) in [4.78, 5) is 27.7. The Bertz CT molecular complexity index is 957. The van der Waals surface area contributed by atoms with E-state index in [1.807, 2.05) is 13.8 Å². The molecule has 1 saturated heterocycles. The molecule has 180 valence electrons. The second-order valence-corrected chi connectivity index (χ2v) is 8.44. The highest BCUT2D eigenvalue weighted by atomic mass is 35.5. The molecule has 0 spiro atoms. The van der Waals surface area contributed by atoms with Crippen molar-refractivity contribution in [2.75, 3.05) is 19.7 Å². The number of aromatic nitrogens is 2. The molecule has 8 nitrogen and oxygen atoms in total. The summed E-state index contributed by atoms with van der Waals surface area (Å²) < 4.78 is 46.7. The molecule has 0 unspecified atom stereocenters. The van der Waals surface area contributed by atoms with Gasteiger partial charge < -0.3 is 19.0 Å². The van der Waals surface area contributed by atoms with Gasteiger partial charge in [0, 0.05) is 35.6 Å². The quantitative estimate of drug-likeness (QED) is 0.593. The van der Waals surface area contributed by atoms with E-state index in [4.69, 9.17) is 16.0 Å². The van der Waals surface area contributed by atoms with E-state index in [0.29, 0.717) is 29.3 Å². The summed E-state index contributed by atoms with van der Waals surface area (Å²) in [5.41, 5.74) is 0.699. The lowest BCUT2D eigenvalue weighted by atomic mass is 9.95. The van der Waals surface area contributed by atoms with Gasteiger partial charge in [0.05, 0.1) is 6.54 Å². The Morgan fingerprint density at radius 1 is 1.21 bits per heavy atom. The van der Waals surface area contributed by atoms with Gasteiger partial charge in [-0.2, -0.15) is 13.2 Å². The van der Waals surface area contributed by atoms with E-state index in [0.717, 1.165) is 0 Å². The number of alkyl halides is 3. The van der Waals surface area contributed by atoms with Crippen LogP contribution in [0.15, 0.2) is 28.7 Å². The maximum Gasteiger partial charge on any atom is 0.422 e. The summed E-state index contributed by atoms with van der Waals surface area (Å²) in [5.74, 6) is 0.0657. The third kappa shape index (κ3) is 6.83. The molecule has 2 amide bonds. The second-order valence-electron chi connectivity index (χ2n) is 8.00. The molecule has 1 fully saturated rings. The van der Waals surface area contributed by atoms with E-state index in [9.17, 15) is 22.8 Å². The van der Waals surface area contributed by atoms with Crippen LogP contribution in [0.1, 0.15) is 32.6 Å². The Labute approximate surface area is 193 Å². The largest absolute Gasteiger partial charge is 0.440 e. The van der Waals surface area contributed by atoms with Gasteiger partial charge in [0.15, 0.2) is 6.61 Å². The minimum absolute atomic E-state index is 0.116. The molecule has 0 bridgehead atoms. The van der Waals surface area contributed by atoms with Gasteiger partial charge in [-0.05, 0) is 51.0 Å². The molecule has 1 aromatic heterocycles. The van der Waals surface area contributed by atoms with Gasteiger partial charge in [-0.15, -0.1) is 10.2 Å². The molecule has 2 aromatic rings. The van der Waals surface area contributed by atoms with E-state index in [-0.39, 0.29) is 43.4 Å². The van der Waals surface area contributed by atoms with Crippen molar-refractivity contribution in [3.05, 3.63) is 35.2 Å². The molecule has 1 aromatic carbocycles. The number of rotatable bonds is 6. The number of nitrogens with zero attached hydrogens (tertiary/aromatic N) is 4. The Hall–Kier alpha value is -2.82. The third-order valence-electron chi connectivity index (χ3n) is 5.23. The smallest absolute Gasteiger partial charge is 0.422 e. The van der Waals surface area contributed by atoms with Gasteiger partial charge in [-0.25, -0.2) is 4.79 Å². The lowest BCUT2D eigenvalue weighted by molar-refractivity contribution is -0.162. The van der Waals surface area contributed by atoms with Gasteiger partial charge in [0.1, 0.15) is 0 Å². The summed E-state index contributed by atoms with van der Waals surface area (Å²) in [5, 5.41) is 8.64. The molecule has 0 aliphatic carbocycles. The number of hydrogen-bond donors (Lipinski definition) is 0. The van der Waals surface area contributed by atoms with Crippen LogP contribution in [0.2, 0.25) is 5.02 Å². The van der Waals surface area contributed by atoms with Gasteiger partial charge >= 0.3 is 12.3 Å². The topological polar surface area (TPSA) is 88.8 Å². The summed E-state index contributed by atoms with van der Waals surface area (Å²) in [6.45, 7) is 2.48. The molecule has 0 N–H and O–H groups in total. The molecule has 2 heterocycles. The lowest BCUT2D eigenvalue weighted by Crippen LogP contribution is -2.46. The average Bonchev–Trinajstić information content (AvgIpc) is 3.24. The van der Waals surface area contributed by atoms with Crippen molar-refractivity contribution in [3.63, 3.8) is 0 Å². The number of likely N-dealkylation sites (tertiary alicyclic amines) is 1. The number of benzene rings is 1. The van der Waals surface area contributed by atoms with Crippen LogP contribution < -0.4 is 0 Å². The van der Waals surface area contributed by atoms with Crippen LogP contribution in [-0.2, 0) is 16.1 Å². The van der Waals surface area contributed by atoms with Crippen LogP contribution in [0, 0.1) is 5.92 Å². The maximum absolute atomic E-state index is 13.1. The van der Waals surface area contributed by atoms with E-state index >= 15 is 0 Å². The van der Waals surface area contributed by atoms with Crippen LogP contribution in [0.3, 0.4) is 0 Å². The van der Waals surface area contributed by atoms with Gasteiger partial charge in [-0.1, -0.05) is 11.6 Å². The maximum atomic E-state index is 13.1. The predicted octanol–water partition coefficient (Wildman–Crippen LogP) is 4.54. The van der Waals surface area contributed by atoms with Crippen molar-refractivity contribution in [2.24, 2.45) is 5.92 Å². The van der Waals surface area contributed by atoms with Crippen LogP contribution in [-0.4, -0.2) is 63.9 Å². The van der Waals surface area contributed by atoms with Crippen LogP contribution in [0.25, 0.3) is 11.5 Å². The van der Waals surface area contributed by atoms with Crippen LogP contribution in [0.5, 0.6) is 0 Å². The fraction of sp³-hybridized carbons (Fsp3) is 0.524. The molecular formula is C21H24ClF3N4O4. The first-order chi connectivity index (χ1) is 15.5. The van der Waals surface area contributed by atoms with E-state index in [2.05, 4.69) is 14.9 Å². The first kappa shape index (κ1) is 24.8. The Morgan fingerprint density at radius 3 is 2.42 bits per heavy atom. The molecule has 1 aliphatic rings. The molecule has 33 heavy (non-hydrogen) atoms. The van der Waals surface area contributed by atoms with E-state index in [1.54, 1.807) is 29.2 Å². The minimum atomic E-state index is -4.58. The summed E-state index contributed by atoms with van der Waals surface area (Å²) in [7, 11) is 0. The zero-order chi connectivity index (χ0) is 24.2. The van der Waals surface area contributed by atoms with Crippen molar-refractivity contribution in [2.45, 2.75) is 45.5 Å². The molecule has 0 saturated carbocycles. The van der Waals surface area contributed by atoms with Gasteiger partial charge in [-0.3, -0.25) is 4.79 Å². The predicted molar refractivity (Wildman–Crippen MR) is 112 cm³/mol. The monoisotopic (exact) mass is 488 g/mol. The van der Waals surface area contributed by atoms with Crippen LogP contribution in [0.4, 0.5) is 18.0 Å². The number of halogens is 4. The highest BCUT2D eigenvalue weighted by Gasteiger charge is 2.34. The number of carbonyl (C=O) groups excluding carboxylic acids is 2. The first-order valence-electron chi connectivity index (χ1n) is 10.4. The van der Waals surface area contributed by atoms with Crippen molar-refractivity contribution >= 4 is 23.6 Å². The lowest BCUT2D eigenvalue weighted by Gasteiger charge is -2.34. The van der Waals surface area contributed by atoms with Crippen LogP contribution >= 0.6 is 11.6 Å². The van der Waals surface area contributed by atoms with Crippen molar-refractivity contribution in [1.29, 1.82) is 0 Å².